The lowest BCUT2D eigenvalue weighted by molar-refractivity contribution is 0.0884. The quantitative estimate of drug-likeness (QED) is 0.455. The first-order valence-electron chi connectivity index (χ1n) is 10.6. The van der Waals surface area contributed by atoms with Gasteiger partial charge in [0.05, 0.1) is 24.9 Å². The first kappa shape index (κ1) is 19.1. The van der Waals surface area contributed by atoms with Crippen molar-refractivity contribution in [2.45, 2.75) is 88.9 Å². The molecule has 0 spiro atoms. The SMILES string of the molecule is OCC=CCCCC[C@@H]1[C@H](C=CC(O)CC2CCCC2)[C@@H]2CC[C@H]1O2. The van der Waals surface area contributed by atoms with Gasteiger partial charge in [0.15, 0.2) is 0 Å². The lowest BCUT2D eigenvalue weighted by Gasteiger charge is -2.26. The van der Waals surface area contributed by atoms with Crippen molar-refractivity contribution in [1.82, 2.24) is 0 Å². The molecule has 3 aliphatic rings. The van der Waals surface area contributed by atoms with Crippen molar-refractivity contribution >= 4 is 0 Å². The summed E-state index contributed by atoms with van der Waals surface area (Å²) in [7, 11) is 0. The fraction of sp³-hybridized carbons (Fsp3) is 0.818. The first-order valence-corrected chi connectivity index (χ1v) is 10.6. The van der Waals surface area contributed by atoms with Crippen LogP contribution in [0.15, 0.2) is 24.3 Å². The van der Waals surface area contributed by atoms with Crippen molar-refractivity contribution in [2.75, 3.05) is 6.61 Å². The molecule has 2 N–H and O–H groups in total. The molecule has 2 aliphatic heterocycles. The fourth-order valence-electron chi connectivity index (χ4n) is 5.21. The van der Waals surface area contributed by atoms with Crippen molar-refractivity contribution in [3.8, 4) is 0 Å². The Labute approximate surface area is 153 Å². The standard InChI is InChI=1S/C22H36O3/c23-15-7-3-1-2-4-10-19-20(22-14-13-21(19)25-22)12-11-18(24)16-17-8-5-6-9-17/h3,7,11-12,17-24H,1-2,4-6,8-10,13-16H2/t18?,19-,20+,21-,22+/m1/s1. The zero-order valence-corrected chi connectivity index (χ0v) is 15.6. The molecule has 3 nitrogen and oxygen atoms in total. The second-order valence-corrected chi connectivity index (χ2v) is 8.31. The Kier molecular flexibility index (Phi) is 7.57. The van der Waals surface area contributed by atoms with E-state index in [1.54, 1.807) is 0 Å². The zero-order chi connectivity index (χ0) is 17.5. The number of hydrogen-bond donors (Lipinski definition) is 2. The summed E-state index contributed by atoms with van der Waals surface area (Å²) in [4.78, 5) is 0. The van der Waals surface area contributed by atoms with E-state index < -0.39 is 0 Å². The second-order valence-electron chi connectivity index (χ2n) is 8.31. The van der Waals surface area contributed by atoms with Crippen LogP contribution in [0.5, 0.6) is 0 Å². The maximum absolute atomic E-state index is 10.4. The predicted octanol–water partition coefficient (Wildman–Crippen LogP) is 4.39. The Morgan fingerprint density at radius 3 is 2.60 bits per heavy atom. The molecule has 3 rings (SSSR count). The number of rotatable bonds is 10. The van der Waals surface area contributed by atoms with E-state index in [4.69, 9.17) is 9.84 Å². The molecule has 25 heavy (non-hydrogen) atoms. The minimum atomic E-state index is -0.272. The van der Waals surface area contributed by atoms with Crippen LogP contribution in [0.4, 0.5) is 0 Å². The van der Waals surface area contributed by atoms with Crippen LogP contribution in [0, 0.1) is 17.8 Å². The lowest BCUT2D eigenvalue weighted by atomic mass is 9.76. The van der Waals surface area contributed by atoms with Crippen molar-refractivity contribution in [1.29, 1.82) is 0 Å². The Morgan fingerprint density at radius 2 is 1.80 bits per heavy atom. The molecule has 5 atom stereocenters. The number of aliphatic hydroxyl groups is 2. The molecule has 1 aliphatic carbocycles. The molecule has 0 aromatic rings. The average molecular weight is 349 g/mol. The number of aliphatic hydroxyl groups excluding tert-OH is 2. The predicted molar refractivity (Wildman–Crippen MR) is 101 cm³/mol. The Hall–Kier alpha value is -0.640. The third kappa shape index (κ3) is 5.42. The molecule has 0 amide bonds. The van der Waals surface area contributed by atoms with Gasteiger partial charge in [0.2, 0.25) is 0 Å². The van der Waals surface area contributed by atoms with E-state index in [-0.39, 0.29) is 12.7 Å². The Morgan fingerprint density at radius 1 is 1.00 bits per heavy atom. The van der Waals surface area contributed by atoms with Gasteiger partial charge in [-0.25, -0.2) is 0 Å². The van der Waals surface area contributed by atoms with Crippen LogP contribution in [-0.2, 0) is 4.74 Å². The van der Waals surface area contributed by atoms with E-state index in [1.807, 2.05) is 6.08 Å². The molecular formula is C22H36O3. The summed E-state index contributed by atoms with van der Waals surface area (Å²) in [6.07, 6.45) is 22.2. The van der Waals surface area contributed by atoms with E-state index in [9.17, 15) is 5.11 Å². The molecule has 0 radical (unpaired) electrons. The molecule has 2 bridgehead atoms. The van der Waals surface area contributed by atoms with Crippen molar-refractivity contribution in [3.05, 3.63) is 24.3 Å². The average Bonchev–Trinajstić information content (AvgIpc) is 3.34. The van der Waals surface area contributed by atoms with Crippen molar-refractivity contribution < 1.29 is 14.9 Å². The Bertz CT molecular complexity index is 439. The molecule has 3 fully saturated rings. The summed E-state index contributed by atoms with van der Waals surface area (Å²) in [5, 5.41) is 19.1. The van der Waals surface area contributed by atoms with Gasteiger partial charge in [-0.2, -0.15) is 0 Å². The zero-order valence-electron chi connectivity index (χ0n) is 15.6. The van der Waals surface area contributed by atoms with Gasteiger partial charge >= 0.3 is 0 Å². The van der Waals surface area contributed by atoms with Crippen molar-refractivity contribution in [2.24, 2.45) is 17.8 Å². The Balaban J connectivity index is 1.44. The van der Waals surface area contributed by atoms with Gasteiger partial charge in [-0.1, -0.05) is 56.4 Å². The van der Waals surface area contributed by atoms with E-state index in [0.717, 1.165) is 18.8 Å². The molecular weight excluding hydrogens is 312 g/mol. The molecule has 1 unspecified atom stereocenters. The van der Waals surface area contributed by atoms with E-state index >= 15 is 0 Å². The van der Waals surface area contributed by atoms with Crippen LogP contribution in [0.2, 0.25) is 0 Å². The molecule has 2 saturated heterocycles. The van der Waals surface area contributed by atoms with E-state index in [1.165, 1.54) is 57.8 Å². The minimum Gasteiger partial charge on any atom is -0.392 e. The van der Waals surface area contributed by atoms with Gasteiger partial charge < -0.3 is 14.9 Å². The van der Waals surface area contributed by atoms with Crippen LogP contribution in [-0.4, -0.2) is 35.1 Å². The molecule has 0 aromatic heterocycles. The van der Waals surface area contributed by atoms with Gasteiger partial charge in [0, 0.05) is 5.92 Å². The highest BCUT2D eigenvalue weighted by atomic mass is 16.5. The highest BCUT2D eigenvalue weighted by Crippen LogP contribution is 2.46. The highest BCUT2D eigenvalue weighted by Gasteiger charge is 2.47. The van der Waals surface area contributed by atoms with Gasteiger partial charge in [-0.3, -0.25) is 0 Å². The summed E-state index contributed by atoms with van der Waals surface area (Å²) in [5.74, 6) is 1.87. The summed E-state index contributed by atoms with van der Waals surface area (Å²) >= 11 is 0. The first-order chi connectivity index (χ1) is 12.3. The summed E-state index contributed by atoms with van der Waals surface area (Å²) in [5.41, 5.74) is 0. The number of fused-ring (bicyclic) bond motifs is 2. The minimum absolute atomic E-state index is 0.149. The third-order valence-electron chi connectivity index (χ3n) is 6.52. The van der Waals surface area contributed by atoms with Crippen LogP contribution in [0.3, 0.4) is 0 Å². The van der Waals surface area contributed by atoms with Gasteiger partial charge in [-0.15, -0.1) is 0 Å². The maximum Gasteiger partial charge on any atom is 0.0723 e. The molecule has 142 valence electrons. The fourth-order valence-corrected chi connectivity index (χ4v) is 5.21. The van der Waals surface area contributed by atoms with Crippen LogP contribution < -0.4 is 0 Å². The lowest BCUT2D eigenvalue weighted by Crippen LogP contribution is -2.26. The molecule has 1 saturated carbocycles. The van der Waals surface area contributed by atoms with Crippen molar-refractivity contribution in [3.63, 3.8) is 0 Å². The summed E-state index contributed by atoms with van der Waals surface area (Å²) in [6.45, 7) is 0.149. The maximum atomic E-state index is 10.4. The smallest absolute Gasteiger partial charge is 0.0723 e. The molecule has 3 heteroatoms. The van der Waals surface area contributed by atoms with Crippen LogP contribution in [0.25, 0.3) is 0 Å². The molecule has 2 heterocycles. The number of ether oxygens (including phenoxy) is 1. The summed E-state index contributed by atoms with van der Waals surface area (Å²) < 4.78 is 6.18. The third-order valence-corrected chi connectivity index (χ3v) is 6.52. The normalized spacial score (nSPS) is 34.0. The largest absolute Gasteiger partial charge is 0.392 e. The monoisotopic (exact) mass is 348 g/mol. The van der Waals surface area contributed by atoms with Crippen LogP contribution >= 0.6 is 0 Å². The van der Waals surface area contributed by atoms with Gasteiger partial charge in [0.25, 0.3) is 0 Å². The van der Waals surface area contributed by atoms with Crippen LogP contribution in [0.1, 0.15) is 70.6 Å². The van der Waals surface area contributed by atoms with E-state index in [0.29, 0.717) is 24.0 Å². The van der Waals surface area contributed by atoms with Gasteiger partial charge in [-0.05, 0) is 50.4 Å². The number of allylic oxidation sites excluding steroid dienone is 1. The number of hydrogen-bond acceptors (Lipinski definition) is 3. The second kappa shape index (κ2) is 9.89. The summed E-state index contributed by atoms with van der Waals surface area (Å²) in [6, 6.07) is 0. The van der Waals surface area contributed by atoms with Gasteiger partial charge in [0.1, 0.15) is 0 Å². The highest BCUT2D eigenvalue weighted by molar-refractivity contribution is 5.07. The number of unbranched alkanes of at least 4 members (excludes halogenated alkanes) is 2. The van der Waals surface area contributed by atoms with E-state index in [2.05, 4.69) is 18.2 Å². The molecule has 0 aromatic carbocycles. The topological polar surface area (TPSA) is 49.7 Å².